The second kappa shape index (κ2) is 7.07. The smallest absolute Gasteiger partial charge is 0.225 e. The first-order chi connectivity index (χ1) is 11.1. The third kappa shape index (κ3) is 4.24. The molecule has 2 rings (SSSR count). The van der Waals surface area contributed by atoms with E-state index in [0.717, 1.165) is 5.56 Å². The third-order valence-electron chi connectivity index (χ3n) is 3.73. The number of amides is 1. The molecule has 0 bridgehead atoms. The lowest BCUT2D eigenvalue weighted by molar-refractivity contribution is -0.128. The summed E-state index contributed by atoms with van der Waals surface area (Å²) in [5.74, 6) is -0.166. The van der Waals surface area contributed by atoms with E-state index >= 15 is 0 Å². The number of sulfone groups is 1. The minimum Gasteiger partial charge on any atom is -0.354 e. The van der Waals surface area contributed by atoms with Gasteiger partial charge in [-0.2, -0.15) is 0 Å². The van der Waals surface area contributed by atoms with E-state index in [0.29, 0.717) is 9.77 Å². The van der Waals surface area contributed by atoms with Gasteiger partial charge in [0, 0.05) is 12.0 Å². The molecule has 0 aliphatic carbocycles. The summed E-state index contributed by atoms with van der Waals surface area (Å²) < 4.78 is 26.3. The Morgan fingerprint density at radius 1 is 1.17 bits per heavy atom. The van der Waals surface area contributed by atoms with E-state index in [1.165, 1.54) is 11.3 Å². The van der Waals surface area contributed by atoms with Gasteiger partial charge in [0.25, 0.3) is 0 Å². The Morgan fingerprint density at radius 3 is 2.29 bits per heavy atom. The third-order valence-corrected chi connectivity index (χ3v) is 7.26. The van der Waals surface area contributed by atoms with Crippen LogP contribution in [0.15, 0.2) is 46.0 Å². The SMILES string of the molecule is Cc1ccc([C@H](CNC(=O)C(C)(C)C)S(=O)(=O)c2cccs2)cc1. The molecule has 6 heteroatoms. The number of aryl methyl sites for hydroxylation is 1. The van der Waals surface area contributed by atoms with E-state index in [9.17, 15) is 13.2 Å². The van der Waals surface area contributed by atoms with Gasteiger partial charge in [0.2, 0.25) is 5.91 Å². The first-order valence-corrected chi connectivity index (χ1v) is 10.2. The topological polar surface area (TPSA) is 63.2 Å². The Morgan fingerprint density at radius 2 is 1.79 bits per heavy atom. The minimum atomic E-state index is -3.56. The lowest BCUT2D eigenvalue weighted by Gasteiger charge is -2.22. The van der Waals surface area contributed by atoms with E-state index in [4.69, 9.17) is 0 Å². The Bertz CT molecular complexity index is 786. The van der Waals surface area contributed by atoms with Gasteiger partial charge in [-0.15, -0.1) is 11.3 Å². The van der Waals surface area contributed by atoms with Crippen LogP contribution in [0, 0.1) is 12.3 Å². The van der Waals surface area contributed by atoms with E-state index in [1.54, 1.807) is 38.3 Å². The van der Waals surface area contributed by atoms with Crippen molar-refractivity contribution in [3.05, 3.63) is 52.9 Å². The summed E-state index contributed by atoms with van der Waals surface area (Å²) in [5.41, 5.74) is 1.18. The van der Waals surface area contributed by atoms with Crippen molar-refractivity contribution in [3.63, 3.8) is 0 Å². The maximum absolute atomic E-state index is 13.0. The molecule has 0 saturated heterocycles. The largest absolute Gasteiger partial charge is 0.354 e. The average molecular weight is 366 g/mol. The van der Waals surface area contributed by atoms with Crippen molar-refractivity contribution in [2.45, 2.75) is 37.2 Å². The molecule has 1 aromatic carbocycles. The normalized spacial score (nSPS) is 13.5. The zero-order chi connectivity index (χ0) is 18.0. The standard InChI is InChI=1S/C18H23NO3S2/c1-13-7-9-14(10-8-13)15(12-19-17(20)18(2,3)4)24(21,22)16-6-5-11-23-16/h5-11,15H,12H2,1-4H3,(H,19,20)/t15-/m0/s1. The number of nitrogens with one attached hydrogen (secondary N) is 1. The molecule has 0 aliphatic heterocycles. The molecule has 0 aliphatic rings. The average Bonchev–Trinajstić information content (AvgIpc) is 3.03. The second-order valence-corrected chi connectivity index (χ2v) is 10.1. The summed E-state index contributed by atoms with van der Waals surface area (Å²) in [5, 5.41) is 3.73. The number of carbonyl (C=O) groups excluding carboxylic acids is 1. The van der Waals surface area contributed by atoms with Gasteiger partial charge in [-0.25, -0.2) is 8.42 Å². The van der Waals surface area contributed by atoms with E-state index in [1.807, 2.05) is 31.2 Å². The molecule has 0 fully saturated rings. The predicted molar refractivity (Wildman–Crippen MR) is 97.9 cm³/mol. The van der Waals surface area contributed by atoms with Crippen LogP contribution in [0.1, 0.15) is 37.1 Å². The molecule has 2 aromatic rings. The summed E-state index contributed by atoms with van der Waals surface area (Å²) in [4.78, 5) is 12.2. The highest BCUT2D eigenvalue weighted by atomic mass is 32.2. The van der Waals surface area contributed by atoms with Crippen LogP contribution < -0.4 is 5.32 Å². The molecule has 1 N–H and O–H groups in total. The zero-order valence-corrected chi connectivity index (χ0v) is 16.0. The highest BCUT2D eigenvalue weighted by Gasteiger charge is 2.31. The summed E-state index contributed by atoms with van der Waals surface area (Å²) >= 11 is 1.20. The first-order valence-electron chi connectivity index (χ1n) is 7.74. The van der Waals surface area contributed by atoms with Gasteiger partial charge in [-0.05, 0) is 23.9 Å². The molecule has 1 heterocycles. The number of hydrogen-bond donors (Lipinski definition) is 1. The van der Waals surface area contributed by atoms with E-state index in [2.05, 4.69) is 5.32 Å². The van der Waals surface area contributed by atoms with Gasteiger partial charge in [0.1, 0.15) is 9.46 Å². The highest BCUT2D eigenvalue weighted by Crippen LogP contribution is 2.31. The van der Waals surface area contributed by atoms with Gasteiger partial charge < -0.3 is 5.32 Å². The molecule has 1 atom stereocenters. The Kier molecular flexibility index (Phi) is 5.50. The maximum Gasteiger partial charge on any atom is 0.225 e. The zero-order valence-electron chi connectivity index (χ0n) is 14.4. The first kappa shape index (κ1) is 18.7. The Labute approximate surface area is 147 Å². The number of carbonyl (C=O) groups is 1. The predicted octanol–water partition coefficient (Wildman–Crippen LogP) is 3.73. The van der Waals surface area contributed by atoms with Gasteiger partial charge in [0.05, 0.1) is 0 Å². The van der Waals surface area contributed by atoms with Crippen molar-refractivity contribution >= 4 is 27.1 Å². The number of benzene rings is 1. The van der Waals surface area contributed by atoms with Crippen molar-refractivity contribution in [1.29, 1.82) is 0 Å². The van der Waals surface area contributed by atoms with Gasteiger partial charge in [-0.1, -0.05) is 56.7 Å². The Balaban J connectivity index is 2.35. The van der Waals surface area contributed by atoms with Gasteiger partial charge in [0.15, 0.2) is 9.84 Å². The van der Waals surface area contributed by atoms with Crippen molar-refractivity contribution in [3.8, 4) is 0 Å². The summed E-state index contributed by atoms with van der Waals surface area (Å²) in [6.45, 7) is 7.41. The van der Waals surface area contributed by atoms with Crippen LogP contribution in [-0.4, -0.2) is 20.9 Å². The molecular formula is C18H23NO3S2. The number of hydrogen-bond acceptors (Lipinski definition) is 4. The molecule has 24 heavy (non-hydrogen) atoms. The fourth-order valence-electron chi connectivity index (χ4n) is 2.20. The Hall–Kier alpha value is -1.66. The van der Waals surface area contributed by atoms with Crippen LogP contribution in [0.25, 0.3) is 0 Å². The van der Waals surface area contributed by atoms with Crippen molar-refractivity contribution in [2.24, 2.45) is 5.41 Å². The van der Waals surface area contributed by atoms with Crippen LogP contribution in [0.2, 0.25) is 0 Å². The molecule has 130 valence electrons. The number of thiophene rings is 1. The van der Waals surface area contributed by atoms with Crippen molar-refractivity contribution in [2.75, 3.05) is 6.54 Å². The molecular weight excluding hydrogens is 342 g/mol. The summed E-state index contributed by atoms with van der Waals surface area (Å²) in [6.07, 6.45) is 0. The summed E-state index contributed by atoms with van der Waals surface area (Å²) in [6, 6.07) is 10.7. The van der Waals surface area contributed by atoms with Gasteiger partial charge >= 0.3 is 0 Å². The van der Waals surface area contributed by atoms with Crippen LogP contribution in [0.5, 0.6) is 0 Å². The molecule has 0 saturated carbocycles. The summed E-state index contributed by atoms with van der Waals surface area (Å²) in [7, 11) is -3.56. The second-order valence-electron chi connectivity index (χ2n) is 6.84. The molecule has 0 spiro atoms. The van der Waals surface area contributed by atoms with Gasteiger partial charge in [-0.3, -0.25) is 4.79 Å². The van der Waals surface area contributed by atoms with Crippen LogP contribution >= 0.6 is 11.3 Å². The van der Waals surface area contributed by atoms with Crippen molar-refractivity contribution in [1.82, 2.24) is 5.32 Å². The van der Waals surface area contributed by atoms with Crippen LogP contribution in [0.3, 0.4) is 0 Å². The molecule has 4 nitrogen and oxygen atoms in total. The molecule has 1 aromatic heterocycles. The maximum atomic E-state index is 13.0. The van der Waals surface area contributed by atoms with E-state index in [-0.39, 0.29) is 12.5 Å². The molecule has 0 unspecified atom stereocenters. The highest BCUT2D eigenvalue weighted by molar-refractivity contribution is 7.93. The monoisotopic (exact) mass is 365 g/mol. The van der Waals surface area contributed by atoms with Crippen LogP contribution in [-0.2, 0) is 14.6 Å². The molecule has 0 radical (unpaired) electrons. The number of rotatable bonds is 5. The minimum absolute atomic E-state index is 0.0550. The van der Waals surface area contributed by atoms with E-state index < -0.39 is 20.5 Å². The molecule has 1 amide bonds. The van der Waals surface area contributed by atoms with Crippen molar-refractivity contribution < 1.29 is 13.2 Å². The lowest BCUT2D eigenvalue weighted by atomic mass is 9.95. The fourth-order valence-corrected chi connectivity index (χ4v) is 5.07. The quantitative estimate of drug-likeness (QED) is 0.878. The van der Waals surface area contributed by atoms with Crippen LogP contribution in [0.4, 0.5) is 0 Å². The fraction of sp³-hybridized carbons (Fsp3) is 0.389. The lowest BCUT2D eigenvalue weighted by Crippen LogP contribution is -2.38.